The van der Waals surface area contributed by atoms with E-state index in [1.807, 2.05) is 0 Å². The van der Waals surface area contributed by atoms with Crippen LogP contribution >= 0.6 is 0 Å². The lowest BCUT2D eigenvalue weighted by Gasteiger charge is -1.93. The topological polar surface area (TPSA) is 69.1 Å². The van der Waals surface area contributed by atoms with Gasteiger partial charge in [-0.05, 0) is 36.4 Å². The predicted octanol–water partition coefficient (Wildman–Crippen LogP) is 2.73. The molecule has 1 heterocycles. The van der Waals surface area contributed by atoms with Gasteiger partial charge >= 0.3 is 0 Å². The molecule has 0 radical (unpaired) electrons. The molecule has 0 unspecified atom stereocenters. The minimum absolute atomic E-state index is 0.301. The number of nitrogens with two attached hydrogens (primary N) is 1. The molecule has 0 atom stereocenters. The normalized spacial score (nSPS) is 10.8. The molecule has 0 saturated heterocycles. The number of rotatable bonds is 2. The van der Waals surface area contributed by atoms with E-state index in [2.05, 4.69) is 4.98 Å². The average Bonchev–Trinajstić information content (AvgIpc) is 2.82. The van der Waals surface area contributed by atoms with E-state index < -0.39 is 5.91 Å². The molecule has 94 valence electrons. The van der Waals surface area contributed by atoms with Gasteiger partial charge in [-0.25, -0.2) is 9.37 Å². The fourth-order valence-corrected chi connectivity index (χ4v) is 1.86. The van der Waals surface area contributed by atoms with Gasteiger partial charge in [-0.15, -0.1) is 0 Å². The highest BCUT2D eigenvalue weighted by Crippen LogP contribution is 2.26. The van der Waals surface area contributed by atoms with Gasteiger partial charge in [0.2, 0.25) is 5.89 Å². The standard InChI is InChI=1S/C14H9FN2O2/c15-9-6-4-8(5-7-9)14-17-12-10(13(16)18)2-1-3-11(12)19-14/h1-7H,(H2,16,18). The maximum Gasteiger partial charge on any atom is 0.251 e. The Balaban J connectivity index is 2.19. The van der Waals surface area contributed by atoms with Crippen LogP contribution in [0.5, 0.6) is 0 Å². The van der Waals surface area contributed by atoms with Crippen molar-refractivity contribution in [3.05, 3.63) is 53.8 Å². The number of aromatic nitrogens is 1. The van der Waals surface area contributed by atoms with Gasteiger partial charge in [0.05, 0.1) is 5.56 Å². The van der Waals surface area contributed by atoms with Gasteiger partial charge in [0, 0.05) is 5.56 Å². The van der Waals surface area contributed by atoms with Crippen LogP contribution in [0, 0.1) is 5.82 Å². The van der Waals surface area contributed by atoms with Crippen LogP contribution in [0.15, 0.2) is 46.9 Å². The molecule has 19 heavy (non-hydrogen) atoms. The molecule has 3 rings (SSSR count). The molecule has 0 aliphatic carbocycles. The summed E-state index contributed by atoms with van der Waals surface area (Å²) in [6.07, 6.45) is 0. The van der Waals surface area contributed by atoms with Crippen LogP contribution < -0.4 is 5.73 Å². The number of benzene rings is 2. The van der Waals surface area contributed by atoms with E-state index >= 15 is 0 Å². The molecular weight excluding hydrogens is 247 g/mol. The van der Waals surface area contributed by atoms with Crippen molar-refractivity contribution in [2.24, 2.45) is 5.73 Å². The summed E-state index contributed by atoms with van der Waals surface area (Å²) in [6, 6.07) is 10.7. The molecule has 2 aromatic carbocycles. The molecular formula is C14H9FN2O2. The van der Waals surface area contributed by atoms with Gasteiger partial charge in [-0.2, -0.15) is 0 Å². The number of carbonyl (C=O) groups excluding carboxylic acids is 1. The first kappa shape index (κ1) is 11.4. The number of primary amides is 1. The van der Waals surface area contributed by atoms with Crippen molar-refractivity contribution in [1.29, 1.82) is 0 Å². The second-order valence-electron chi connectivity index (χ2n) is 4.04. The van der Waals surface area contributed by atoms with Crippen molar-refractivity contribution < 1.29 is 13.6 Å². The van der Waals surface area contributed by atoms with Crippen LogP contribution in [0.25, 0.3) is 22.6 Å². The fourth-order valence-electron chi connectivity index (χ4n) is 1.86. The monoisotopic (exact) mass is 256 g/mol. The molecule has 0 fully saturated rings. The van der Waals surface area contributed by atoms with Gasteiger partial charge in [-0.1, -0.05) is 6.07 Å². The van der Waals surface area contributed by atoms with E-state index in [0.29, 0.717) is 28.1 Å². The minimum Gasteiger partial charge on any atom is -0.436 e. The van der Waals surface area contributed by atoms with Crippen molar-refractivity contribution in [2.75, 3.05) is 0 Å². The first-order valence-electron chi connectivity index (χ1n) is 5.60. The van der Waals surface area contributed by atoms with Gasteiger partial charge in [0.15, 0.2) is 5.58 Å². The van der Waals surface area contributed by atoms with Crippen LogP contribution in [-0.2, 0) is 0 Å². The summed E-state index contributed by atoms with van der Waals surface area (Å²) < 4.78 is 18.4. The van der Waals surface area contributed by atoms with E-state index in [0.717, 1.165) is 0 Å². The van der Waals surface area contributed by atoms with Crippen LogP contribution in [0.1, 0.15) is 10.4 Å². The van der Waals surface area contributed by atoms with Crippen LogP contribution in [0.2, 0.25) is 0 Å². The minimum atomic E-state index is -0.565. The number of amides is 1. The van der Waals surface area contributed by atoms with E-state index in [4.69, 9.17) is 10.2 Å². The Morgan fingerprint density at radius 2 is 1.89 bits per heavy atom. The van der Waals surface area contributed by atoms with Crippen LogP contribution in [-0.4, -0.2) is 10.9 Å². The zero-order chi connectivity index (χ0) is 13.4. The second-order valence-corrected chi connectivity index (χ2v) is 4.04. The van der Waals surface area contributed by atoms with E-state index in [1.54, 1.807) is 30.3 Å². The third-order valence-electron chi connectivity index (χ3n) is 2.78. The Kier molecular flexibility index (Phi) is 2.52. The molecule has 3 aromatic rings. The summed E-state index contributed by atoms with van der Waals surface area (Å²) in [7, 11) is 0. The van der Waals surface area contributed by atoms with Crippen LogP contribution in [0.3, 0.4) is 0 Å². The van der Waals surface area contributed by atoms with E-state index in [-0.39, 0.29) is 5.82 Å². The van der Waals surface area contributed by atoms with E-state index in [1.165, 1.54) is 12.1 Å². The highest BCUT2D eigenvalue weighted by Gasteiger charge is 2.14. The molecule has 0 spiro atoms. The lowest BCUT2D eigenvalue weighted by atomic mass is 10.2. The summed E-state index contributed by atoms with van der Waals surface area (Å²) in [5.74, 6) is -0.578. The number of carbonyl (C=O) groups is 1. The maximum atomic E-state index is 12.9. The summed E-state index contributed by atoms with van der Waals surface area (Å²) in [5, 5.41) is 0. The smallest absolute Gasteiger partial charge is 0.251 e. The Bertz CT molecular complexity index is 763. The van der Waals surface area contributed by atoms with Gasteiger partial charge in [0.25, 0.3) is 5.91 Å². The third-order valence-corrected chi connectivity index (χ3v) is 2.78. The largest absolute Gasteiger partial charge is 0.436 e. The number of halogens is 1. The Labute approximate surface area is 107 Å². The summed E-state index contributed by atoms with van der Waals surface area (Å²) in [4.78, 5) is 15.5. The highest BCUT2D eigenvalue weighted by molar-refractivity contribution is 6.03. The average molecular weight is 256 g/mol. The van der Waals surface area contributed by atoms with E-state index in [9.17, 15) is 9.18 Å². The number of fused-ring (bicyclic) bond motifs is 1. The van der Waals surface area contributed by atoms with Crippen molar-refractivity contribution in [1.82, 2.24) is 4.98 Å². The second kappa shape index (κ2) is 4.20. The predicted molar refractivity (Wildman–Crippen MR) is 67.9 cm³/mol. The van der Waals surface area contributed by atoms with Gasteiger partial charge in [-0.3, -0.25) is 4.79 Å². The zero-order valence-corrected chi connectivity index (χ0v) is 9.76. The zero-order valence-electron chi connectivity index (χ0n) is 9.76. The van der Waals surface area contributed by atoms with Gasteiger partial charge in [0.1, 0.15) is 11.3 Å². The molecule has 5 heteroatoms. The maximum absolute atomic E-state index is 12.9. The highest BCUT2D eigenvalue weighted by atomic mass is 19.1. The molecule has 0 saturated carbocycles. The molecule has 2 N–H and O–H groups in total. The number of hydrogen-bond acceptors (Lipinski definition) is 3. The Hall–Kier alpha value is -2.69. The summed E-state index contributed by atoms with van der Waals surface area (Å²) in [6.45, 7) is 0. The van der Waals surface area contributed by atoms with Crippen molar-refractivity contribution in [2.45, 2.75) is 0 Å². The molecule has 4 nitrogen and oxygen atoms in total. The fraction of sp³-hybridized carbons (Fsp3) is 0. The first-order chi connectivity index (χ1) is 9.15. The van der Waals surface area contributed by atoms with Crippen molar-refractivity contribution in [3.8, 4) is 11.5 Å². The summed E-state index contributed by atoms with van der Waals surface area (Å²) >= 11 is 0. The third kappa shape index (κ3) is 1.95. The first-order valence-corrected chi connectivity index (χ1v) is 5.60. The Morgan fingerprint density at radius 1 is 1.16 bits per heavy atom. The summed E-state index contributed by atoms with van der Waals surface area (Å²) in [5.41, 5.74) is 7.09. The lowest BCUT2D eigenvalue weighted by molar-refractivity contribution is 0.100. The molecule has 0 bridgehead atoms. The molecule has 1 amide bonds. The molecule has 0 aliphatic rings. The number of para-hydroxylation sites is 1. The van der Waals surface area contributed by atoms with Crippen LogP contribution in [0.4, 0.5) is 4.39 Å². The SMILES string of the molecule is NC(=O)c1cccc2oc(-c3ccc(F)cc3)nc12. The van der Waals surface area contributed by atoms with Crippen molar-refractivity contribution in [3.63, 3.8) is 0 Å². The molecule has 0 aliphatic heterocycles. The lowest BCUT2D eigenvalue weighted by Crippen LogP contribution is -2.11. The number of oxazole rings is 1. The number of nitrogens with zero attached hydrogens (tertiary/aromatic N) is 1. The quantitative estimate of drug-likeness (QED) is 0.766. The molecule has 1 aromatic heterocycles. The number of hydrogen-bond donors (Lipinski definition) is 1. The van der Waals surface area contributed by atoms with Crippen molar-refractivity contribution >= 4 is 17.0 Å². The van der Waals surface area contributed by atoms with Gasteiger partial charge < -0.3 is 10.2 Å². The Morgan fingerprint density at radius 3 is 2.58 bits per heavy atom.